The lowest BCUT2D eigenvalue weighted by Gasteiger charge is -2.22. The van der Waals surface area contributed by atoms with E-state index in [-0.39, 0.29) is 115 Å². The number of likely N-dealkylation sites (N-methyl/N-ethyl adjacent to an activating group) is 1. The molecule has 26 heteroatoms. The van der Waals surface area contributed by atoms with Gasteiger partial charge >= 0.3 is 5.97 Å². The quantitative estimate of drug-likeness (QED) is 0.0280. The molecule has 3 aliphatic carbocycles. The molecule has 6 aromatic rings. The normalized spacial score (nSPS) is 16.7. The number of nitriles is 2. The smallest absolute Gasteiger partial charge is 0.326 e. The van der Waals surface area contributed by atoms with Crippen molar-refractivity contribution in [3.8, 4) is 12.1 Å². The average Bonchev–Trinajstić information content (AvgIpc) is 2.74. The predicted octanol–water partition coefficient (Wildman–Crippen LogP) is 6.64. The molecule has 5 aliphatic rings. The summed E-state index contributed by atoms with van der Waals surface area (Å²) >= 11 is 0. The number of carbonyl (C=O) groups is 6. The summed E-state index contributed by atoms with van der Waals surface area (Å²) in [7, 11) is 0.163. The van der Waals surface area contributed by atoms with E-state index < -0.39 is 40.1 Å². The number of rotatable bonds is 26. The second kappa shape index (κ2) is 24.3. The van der Waals surface area contributed by atoms with E-state index in [1.165, 1.54) is 9.80 Å². The lowest BCUT2D eigenvalue weighted by molar-refractivity contribution is -0.155. The third-order valence-electron chi connectivity index (χ3n) is 15.9. The highest BCUT2D eigenvalue weighted by Crippen LogP contribution is 2.44. The second-order valence-corrected chi connectivity index (χ2v) is 25.0. The van der Waals surface area contributed by atoms with Crippen LogP contribution in [0.1, 0.15) is 153 Å². The second-order valence-electron chi connectivity index (χ2n) is 23.5. The number of nitrogens with two attached hydrogens (primary N) is 1. The first-order chi connectivity index (χ1) is 41.3. The maximum Gasteiger partial charge on any atom is 0.326 e. The molecule has 8 N–H and O–H groups in total. The van der Waals surface area contributed by atoms with E-state index >= 15 is 0 Å². The number of benzene rings is 3. The Bertz CT molecular complexity index is 3760. The molecular formula is C60H67N17O8S. The minimum atomic E-state index is -1.70. The summed E-state index contributed by atoms with van der Waals surface area (Å²) in [5, 5.41) is 52.1. The first-order valence-electron chi connectivity index (χ1n) is 28.7. The molecule has 3 saturated carbocycles. The van der Waals surface area contributed by atoms with Crippen molar-refractivity contribution in [3.63, 3.8) is 0 Å². The van der Waals surface area contributed by atoms with Crippen molar-refractivity contribution in [2.24, 2.45) is 23.5 Å². The van der Waals surface area contributed by atoms with Gasteiger partial charge in [0.05, 0.1) is 66.5 Å². The number of nitrogens with one attached hydrogen (secondary N) is 6. The molecular weight excluding hydrogens is 1120 g/mol. The molecule has 5 amide bonds. The van der Waals surface area contributed by atoms with Crippen LogP contribution in [0.5, 0.6) is 0 Å². The number of hydrogen-bond acceptors (Lipinski definition) is 17. The lowest BCUT2D eigenvalue weighted by Crippen LogP contribution is -2.37. The summed E-state index contributed by atoms with van der Waals surface area (Å²) in [4.78, 5) is 83.9. The maximum absolute atomic E-state index is 14.3. The molecule has 3 aromatic heterocycles. The Morgan fingerprint density at radius 1 is 0.663 bits per heavy atom. The monoisotopic (exact) mass is 1190 g/mol. The zero-order valence-corrected chi connectivity index (χ0v) is 48.9. The van der Waals surface area contributed by atoms with Crippen molar-refractivity contribution in [2.75, 3.05) is 48.6 Å². The van der Waals surface area contributed by atoms with Crippen LogP contribution < -0.4 is 37.6 Å². The van der Waals surface area contributed by atoms with Gasteiger partial charge in [-0.05, 0) is 156 Å². The first-order valence-corrected chi connectivity index (χ1v) is 30.0. The Labute approximate surface area is 498 Å². The maximum atomic E-state index is 14.3. The molecule has 2 aliphatic heterocycles. The highest BCUT2D eigenvalue weighted by atomic mass is 32.2. The topological polar surface area (TPSA) is 334 Å². The molecule has 446 valence electrons. The molecule has 11 rings (SSSR count). The molecule has 86 heavy (non-hydrogen) atoms. The van der Waals surface area contributed by atoms with Crippen LogP contribution in [0.25, 0.3) is 0 Å². The minimum absolute atomic E-state index is 0.0197. The number of fused-ring (bicyclic) bond motifs is 2. The van der Waals surface area contributed by atoms with Crippen molar-refractivity contribution in [3.05, 3.63) is 118 Å². The van der Waals surface area contributed by atoms with E-state index in [2.05, 4.69) is 49.1 Å². The van der Waals surface area contributed by atoms with E-state index in [0.717, 1.165) is 38.5 Å². The highest BCUT2D eigenvalue weighted by Gasteiger charge is 2.38. The lowest BCUT2D eigenvalue weighted by atomic mass is 10.1. The summed E-state index contributed by atoms with van der Waals surface area (Å²) in [5.41, 5.74) is 9.45. The summed E-state index contributed by atoms with van der Waals surface area (Å²) in [6.07, 6.45) is 11.1. The Balaban J connectivity index is 0.747. The Morgan fingerprint density at radius 3 is 1.62 bits per heavy atom. The van der Waals surface area contributed by atoms with Gasteiger partial charge in [-0.25, -0.2) is 0 Å². The van der Waals surface area contributed by atoms with Gasteiger partial charge in [-0.3, -0.25) is 47.0 Å². The van der Waals surface area contributed by atoms with Crippen LogP contribution in [0, 0.1) is 40.4 Å². The van der Waals surface area contributed by atoms with Gasteiger partial charge < -0.3 is 52.2 Å². The zero-order valence-electron chi connectivity index (χ0n) is 48.1. The number of amides is 5. The molecule has 25 nitrogen and oxygen atoms in total. The van der Waals surface area contributed by atoms with E-state index in [0.29, 0.717) is 62.6 Å². The largest absolute Gasteiger partial charge is 0.459 e. The van der Waals surface area contributed by atoms with E-state index in [4.69, 9.17) is 20.7 Å². The van der Waals surface area contributed by atoms with E-state index in [1.54, 1.807) is 114 Å². The molecule has 4 atom stereocenters. The van der Waals surface area contributed by atoms with Crippen molar-refractivity contribution in [1.29, 1.82) is 10.5 Å². The van der Waals surface area contributed by atoms with Crippen LogP contribution in [0.2, 0.25) is 0 Å². The van der Waals surface area contributed by atoms with Crippen molar-refractivity contribution in [2.45, 2.75) is 114 Å². The van der Waals surface area contributed by atoms with Crippen LogP contribution in [-0.2, 0) is 33.4 Å². The molecule has 4 unspecified atom stereocenters. The zero-order chi connectivity index (χ0) is 60.6. The van der Waals surface area contributed by atoms with Gasteiger partial charge in [0.2, 0.25) is 0 Å². The number of aromatic nitrogens is 6. The summed E-state index contributed by atoms with van der Waals surface area (Å²) in [5.74, 6) is -1.46. The first kappa shape index (κ1) is 58.4. The molecule has 0 saturated heterocycles. The van der Waals surface area contributed by atoms with Gasteiger partial charge in [0.1, 0.15) is 28.8 Å². The van der Waals surface area contributed by atoms with E-state index in [9.17, 15) is 43.5 Å². The van der Waals surface area contributed by atoms with Crippen LogP contribution in [0.4, 0.5) is 34.5 Å². The fraction of sp³-hybridized carbons (Fsp3) is 0.417. The highest BCUT2D eigenvalue weighted by molar-refractivity contribution is 7.85. The average molecular weight is 1190 g/mol. The SMILES string of the molecule is CNCC(C1CC1)n1cc(C(=O)NCN2Cc3cc(Nc4nn(C(CC#N)C5CC5)cc4C(=O)NCS(=O)c4ccc(Nc5nn(C(CC#N)C6CC6)cc5C(N)=O)cc4)ccc3C2=O)c(Nc2ccc3c(c2)CN(CC(=O)OC(C)(C)C)C3=O)n1. The van der Waals surface area contributed by atoms with Gasteiger partial charge in [0.15, 0.2) is 17.5 Å². The molecule has 0 radical (unpaired) electrons. The fourth-order valence-electron chi connectivity index (χ4n) is 11.1. The molecule has 3 aromatic carbocycles. The predicted molar refractivity (Wildman–Crippen MR) is 316 cm³/mol. The third kappa shape index (κ3) is 13.1. The summed E-state index contributed by atoms with van der Waals surface area (Å²) < 4.78 is 24.2. The minimum Gasteiger partial charge on any atom is -0.459 e. The van der Waals surface area contributed by atoms with Crippen molar-refractivity contribution in [1.82, 2.24) is 55.1 Å². The van der Waals surface area contributed by atoms with Gasteiger partial charge in [-0.2, -0.15) is 25.8 Å². The Hall–Kier alpha value is -9.40. The standard InChI is InChI=1S/C60H67N17O8S/c1-60(2,3)85-51(78)31-73-26-37-23-40(13-17-43(37)58(73)82)68-54-46(30-77(72-54)50(25-64-4)36-9-10-36)56(80)65-32-74-27-38-24-41(14-18-44(38)59(74)83)69-55-47(29-76(71-55)49(20-22-62)35-7-8-35)57(81)66-33-86(84)42-15-11-39(12-16-42)67-53-45(52(63)79)28-75(70-53)48(19-21-61)34-5-6-34/h11-18,23-24,28-30,34-36,48-50,64H,5-10,19-20,25-27,31-33H2,1-4H3,(H2,63,79)(H,65,80)(H,66,81)(H,67,70)(H,68,72)(H,69,71). The number of esters is 1. The van der Waals surface area contributed by atoms with Gasteiger partial charge in [0.25, 0.3) is 29.5 Å². The van der Waals surface area contributed by atoms with E-state index in [1.807, 2.05) is 7.05 Å². The van der Waals surface area contributed by atoms with Crippen LogP contribution in [0.3, 0.4) is 0 Å². The molecule has 0 spiro atoms. The summed E-state index contributed by atoms with van der Waals surface area (Å²) in [6, 6.07) is 20.9. The number of hydrogen-bond donors (Lipinski definition) is 7. The summed E-state index contributed by atoms with van der Waals surface area (Å²) in [6.45, 7) is 5.95. The van der Waals surface area contributed by atoms with Gasteiger partial charge in [-0.1, -0.05) is 0 Å². The number of anilines is 6. The molecule has 0 bridgehead atoms. The van der Waals surface area contributed by atoms with Crippen LogP contribution >= 0.6 is 0 Å². The van der Waals surface area contributed by atoms with Crippen LogP contribution in [-0.4, -0.2) is 117 Å². The Morgan fingerprint density at radius 2 is 1.12 bits per heavy atom. The molecule has 3 fully saturated rings. The van der Waals surface area contributed by atoms with Crippen molar-refractivity contribution < 1.29 is 37.7 Å². The third-order valence-corrected chi connectivity index (χ3v) is 17.1. The number of nitrogens with zero attached hydrogens (tertiary/aromatic N) is 10. The molecule has 5 heterocycles. The fourth-order valence-corrected chi connectivity index (χ4v) is 12.0. The number of carbonyl (C=O) groups excluding carboxylic acids is 6. The van der Waals surface area contributed by atoms with Gasteiger partial charge in [-0.15, -0.1) is 0 Å². The number of ether oxygens (including phenoxy) is 1. The van der Waals surface area contributed by atoms with Crippen LogP contribution in [0.15, 0.2) is 84.1 Å². The Kier molecular flexibility index (Phi) is 16.5. The number of primary amides is 1. The van der Waals surface area contributed by atoms with Crippen molar-refractivity contribution >= 4 is 80.8 Å². The van der Waals surface area contributed by atoms with Gasteiger partial charge in [0, 0.05) is 71.3 Å².